The lowest BCUT2D eigenvalue weighted by Crippen LogP contribution is -2.46. The first-order chi connectivity index (χ1) is 12.8. The Balaban J connectivity index is 1.24. The van der Waals surface area contributed by atoms with Crippen LogP contribution in [0.3, 0.4) is 0 Å². The molecule has 0 radical (unpaired) electrons. The Morgan fingerprint density at radius 2 is 1.88 bits per heavy atom. The molecular formula is C22H29N3O. The molecule has 0 unspecified atom stereocenters. The zero-order valence-corrected chi connectivity index (χ0v) is 15.5. The van der Waals surface area contributed by atoms with Crippen LogP contribution in [-0.2, 0) is 6.54 Å². The van der Waals surface area contributed by atoms with Crippen molar-refractivity contribution < 1.29 is 4.52 Å². The largest absolute Gasteiger partial charge is 0.359 e. The van der Waals surface area contributed by atoms with Crippen molar-refractivity contribution in [2.45, 2.75) is 44.7 Å². The van der Waals surface area contributed by atoms with Crippen molar-refractivity contribution in [2.24, 2.45) is 11.8 Å². The molecule has 4 nitrogen and oxygen atoms in total. The highest BCUT2D eigenvalue weighted by Gasteiger charge is 2.36. The van der Waals surface area contributed by atoms with E-state index in [0.717, 1.165) is 41.4 Å². The fourth-order valence-corrected chi connectivity index (χ4v) is 4.99. The molecule has 4 fully saturated rings. The maximum Gasteiger partial charge on any atom is 0.151 e. The van der Waals surface area contributed by atoms with Crippen molar-refractivity contribution in [3.8, 4) is 11.3 Å². The van der Waals surface area contributed by atoms with Crippen LogP contribution in [0.25, 0.3) is 11.3 Å². The standard InChI is InChI=1S/C22H29N3O/c1-2-7-19(8-3-1)22-11-21(26-23-22)16-24-12-18-9-10-20(15-24)25(14-18)13-17-5-4-6-17/h1-3,7-8,11,17-18,20H,4-6,9-10,12-16H2/t18-,20+/m0/s1. The molecule has 2 aromatic rings. The number of benzene rings is 1. The Labute approximate surface area is 156 Å². The summed E-state index contributed by atoms with van der Waals surface area (Å²) in [5.74, 6) is 2.80. The zero-order chi connectivity index (χ0) is 17.3. The van der Waals surface area contributed by atoms with Gasteiger partial charge in [-0.1, -0.05) is 41.9 Å². The van der Waals surface area contributed by atoms with Gasteiger partial charge < -0.3 is 4.52 Å². The third-order valence-electron chi connectivity index (χ3n) is 6.63. The normalized spacial score (nSPS) is 27.4. The summed E-state index contributed by atoms with van der Waals surface area (Å²) < 4.78 is 5.67. The summed E-state index contributed by atoms with van der Waals surface area (Å²) in [5.41, 5.74) is 2.08. The third-order valence-corrected chi connectivity index (χ3v) is 6.63. The summed E-state index contributed by atoms with van der Waals surface area (Å²) >= 11 is 0. The quantitative estimate of drug-likeness (QED) is 0.814. The van der Waals surface area contributed by atoms with E-state index in [2.05, 4.69) is 33.2 Å². The van der Waals surface area contributed by atoms with E-state index in [1.807, 2.05) is 18.2 Å². The average molecular weight is 351 g/mol. The SMILES string of the molecule is c1ccc(-c2cc(CN3C[C@@H]4CC[C@H](C3)N(CC3CCC3)C4)on2)cc1. The van der Waals surface area contributed by atoms with Gasteiger partial charge in [-0.05, 0) is 37.5 Å². The zero-order valence-electron chi connectivity index (χ0n) is 15.5. The molecule has 3 aliphatic heterocycles. The molecule has 4 heteroatoms. The summed E-state index contributed by atoms with van der Waals surface area (Å²) in [5, 5.41) is 4.29. The van der Waals surface area contributed by atoms with Gasteiger partial charge in [0.1, 0.15) is 5.69 Å². The molecule has 0 spiro atoms. The molecular weight excluding hydrogens is 322 g/mol. The van der Waals surface area contributed by atoms with Crippen LogP contribution in [-0.4, -0.2) is 47.2 Å². The van der Waals surface area contributed by atoms with E-state index >= 15 is 0 Å². The number of hydrogen-bond acceptors (Lipinski definition) is 4. The van der Waals surface area contributed by atoms with Crippen LogP contribution in [0.1, 0.15) is 37.9 Å². The predicted octanol–water partition coefficient (Wildman–Crippen LogP) is 4.04. The fourth-order valence-electron chi connectivity index (χ4n) is 4.99. The van der Waals surface area contributed by atoms with Crippen LogP contribution < -0.4 is 0 Å². The monoisotopic (exact) mass is 351 g/mol. The van der Waals surface area contributed by atoms with Gasteiger partial charge in [-0.3, -0.25) is 9.80 Å². The lowest BCUT2D eigenvalue weighted by molar-refractivity contribution is 0.0888. The van der Waals surface area contributed by atoms with Gasteiger partial charge in [-0.15, -0.1) is 0 Å². The Morgan fingerprint density at radius 1 is 1.00 bits per heavy atom. The van der Waals surface area contributed by atoms with E-state index in [1.54, 1.807) is 0 Å². The molecule has 138 valence electrons. The van der Waals surface area contributed by atoms with Crippen LogP contribution in [0.4, 0.5) is 0 Å². The van der Waals surface area contributed by atoms with Crippen LogP contribution in [0.5, 0.6) is 0 Å². The highest BCUT2D eigenvalue weighted by Crippen LogP contribution is 2.33. The maximum absolute atomic E-state index is 5.67. The van der Waals surface area contributed by atoms with Gasteiger partial charge in [-0.25, -0.2) is 0 Å². The van der Waals surface area contributed by atoms with Gasteiger partial charge in [0, 0.05) is 43.9 Å². The smallest absolute Gasteiger partial charge is 0.151 e. The van der Waals surface area contributed by atoms with E-state index in [-0.39, 0.29) is 0 Å². The minimum atomic E-state index is 0.742. The Kier molecular flexibility index (Phi) is 4.55. The van der Waals surface area contributed by atoms with Crippen LogP contribution in [0.2, 0.25) is 0 Å². The maximum atomic E-state index is 5.67. The van der Waals surface area contributed by atoms with Crippen molar-refractivity contribution in [3.05, 3.63) is 42.2 Å². The molecule has 4 heterocycles. The average Bonchev–Trinajstić information content (AvgIpc) is 2.92. The van der Waals surface area contributed by atoms with Crippen LogP contribution >= 0.6 is 0 Å². The minimum Gasteiger partial charge on any atom is -0.359 e. The molecule has 26 heavy (non-hydrogen) atoms. The molecule has 0 N–H and O–H groups in total. The van der Waals surface area contributed by atoms with Gasteiger partial charge in [0.2, 0.25) is 0 Å². The van der Waals surface area contributed by atoms with Crippen molar-refractivity contribution >= 4 is 0 Å². The number of fused-ring (bicyclic) bond motifs is 4. The molecule has 1 saturated carbocycles. The number of hydrogen-bond donors (Lipinski definition) is 0. The van der Waals surface area contributed by atoms with E-state index in [4.69, 9.17) is 4.52 Å². The summed E-state index contributed by atoms with van der Waals surface area (Å²) in [6.07, 6.45) is 7.14. The summed E-state index contributed by atoms with van der Waals surface area (Å²) in [6.45, 7) is 5.94. The van der Waals surface area contributed by atoms with Crippen LogP contribution in [0.15, 0.2) is 40.9 Å². The first-order valence-electron chi connectivity index (χ1n) is 10.3. The van der Waals surface area contributed by atoms with E-state index in [0.29, 0.717) is 0 Å². The molecule has 1 aromatic heterocycles. The first-order valence-corrected chi connectivity index (χ1v) is 10.3. The summed E-state index contributed by atoms with van der Waals surface area (Å²) in [7, 11) is 0. The molecule has 0 amide bonds. The van der Waals surface area contributed by atoms with Crippen LogP contribution in [0, 0.1) is 11.8 Å². The van der Waals surface area contributed by atoms with Crippen molar-refractivity contribution in [1.82, 2.24) is 15.0 Å². The molecule has 6 rings (SSSR count). The van der Waals surface area contributed by atoms with Gasteiger partial charge in [0.05, 0.1) is 6.54 Å². The molecule has 4 aliphatic rings. The van der Waals surface area contributed by atoms with Gasteiger partial charge >= 0.3 is 0 Å². The molecule has 1 aromatic carbocycles. The molecule has 3 saturated heterocycles. The van der Waals surface area contributed by atoms with Gasteiger partial charge in [0.15, 0.2) is 5.76 Å². The van der Waals surface area contributed by atoms with Crippen molar-refractivity contribution in [2.75, 3.05) is 26.2 Å². The molecule has 1 aliphatic carbocycles. The Bertz CT molecular complexity index is 724. The van der Waals surface area contributed by atoms with Gasteiger partial charge in [0.25, 0.3) is 0 Å². The topological polar surface area (TPSA) is 32.5 Å². The molecule has 2 atom stereocenters. The van der Waals surface area contributed by atoms with E-state index < -0.39 is 0 Å². The number of rotatable bonds is 5. The number of nitrogens with zero attached hydrogens (tertiary/aromatic N) is 3. The second-order valence-corrected chi connectivity index (χ2v) is 8.59. The number of aromatic nitrogens is 1. The summed E-state index contributed by atoms with van der Waals surface area (Å²) in [4.78, 5) is 5.42. The van der Waals surface area contributed by atoms with E-state index in [1.165, 1.54) is 58.3 Å². The Hall–Kier alpha value is -1.65. The van der Waals surface area contributed by atoms with E-state index in [9.17, 15) is 0 Å². The third kappa shape index (κ3) is 3.45. The van der Waals surface area contributed by atoms with Crippen molar-refractivity contribution in [1.29, 1.82) is 0 Å². The van der Waals surface area contributed by atoms with Gasteiger partial charge in [-0.2, -0.15) is 0 Å². The highest BCUT2D eigenvalue weighted by molar-refractivity contribution is 5.58. The highest BCUT2D eigenvalue weighted by atomic mass is 16.5. The lowest BCUT2D eigenvalue weighted by atomic mass is 9.83. The first kappa shape index (κ1) is 16.5. The fraction of sp³-hybridized carbons (Fsp3) is 0.591. The van der Waals surface area contributed by atoms with Crippen molar-refractivity contribution in [3.63, 3.8) is 0 Å². The second-order valence-electron chi connectivity index (χ2n) is 8.59. The predicted molar refractivity (Wildman–Crippen MR) is 103 cm³/mol. The Morgan fingerprint density at radius 3 is 2.69 bits per heavy atom. The number of piperidine rings is 1. The lowest BCUT2D eigenvalue weighted by Gasteiger charge is -2.40. The summed E-state index contributed by atoms with van der Waals surface area (Å²) in [6, 6.07) is 13.2. The second kappa shape index (κ2) is 7.16. The molecule has 2 bridgehead atoms. The minimum absolute atomic E-state index is 0.742.